The average molecular weight is 580 g/mol. The predicted octanol–water partition coefficient (Wildman–Crippen LogP) is 1.98. The first-order valence-electron chi connectivity index (χ1n) is 14.7. The van der Waals surface area contributed by atoms with E-state index in [0.29, 0.717) is 23.9 Å². The largest absolute Gasteiger partial charge is 0.478 e. The van der Waals surface area contributed by atoms with Crippen molar-refractivity contribution >= 4 is 36.4 Å². The number of hydrogen-bond acceptors (Lipinski definition) is 8. The van der Waals surface area contributed by atoms with Crippen molar-refractivity contribution in [2.75, 3.05) is 0 Å². The van der Waals surface area contributed by atoms with E-state index in [-0.39, 0.29) is 36.2 Å². The maximum atomic E-state index is 13.8. The Bertz CT molecular complexity index is 1350. The van der Waals surface area contributed by atoms with Gasteiger partial charge >= 0.3 is 13.0 Å². The fraction of sp³-hybridized carbons (Fsp3) is 0.613. The third-order valence-electron chi connectivity index (χ3n) is 11.6. The molecule has 4 N–H and O–H groups in total. The van der Waals surface area contributed by atoms with Gasteiger partial charge in [-0.2, -0.15) is 5.10 Å². The van der Waals surface area contributed by atoms with Crippen molar-refractivity contribution < 1.29 is 39.5 Å². The van der Waals surface area contributed by atoms with E-state index in [0.717, 1.165) is 4.92 Å². The fourth-order valence-corrected chi connectivity index (χ4v) is 8.89. The van der Waals surface area contributed by atoms with Gasteiger partial charge in [-0.05, 0) is 71.5 Å². The molecular weight excluding hydrogens is 539 g/mol. The van der Waals surface area contributed by atoms with Crippen molar-refractivity contribution in [1.29, 1.82) is 0 Å². The van der Waals surface area contributed by atoms with E-state index in [1.54, 1.807) is 18.2 Å². The Morgan fingerprint density at radius 3 is 2.55 bits per heavy atom. The molecule has 0 radical (unpaired) electrons. The summed E-state index contributed by atoms with van der Waals surface area (Å²) >= 11 is 0. The van der Waals surface area contributed by atoms with E-state index in [1.165, 1.54) is 19.2 Å². The summed E-state index contributed by atoms with van der Waals surface area (Å²) in [6, 6.07) is 4.73. The number of hydrazone groups is 1. The molecule has 1 heterocycles. The molecule has 3 saturated carbocycles. The third kappa shape index (κ3) is 4.26. The summed E-state index contributed by atoms with van der Waals surface area (Å²) in [5.74, 6) is -3.65. The molecule has 5 rings (SSSR count). The highest BCUT2D eigenvalue weighted by molar-refractivity contribution is 6.67. The number of carboxylic acid groups (broad SMARTS) is 1. The summed E-state index contributed by atoms with van der Waals surface area (Å²) in [5.41, 5.74) is -1.59. The SMILES string of the molecule is C=C[C@]1(C)C[C@@H]([C@H](Oc2ccc3c(c2)B(O)N(C(C)=O)N=C3)C(=O)O)[C@@]2(C)[C@H](C)CC[C@]3(CC(O)C(=O)[C@H]32)[C@@H](C)[C@@H]1O. The van der Waals surface area contributed by atoms with Crippen molar-refractivity contribution in [2.24, 2.45) is 45.0 Å². The number of ketones is 1. The summed E-state index contributed by atoms with van der Waals surface area (Å²) in [5, 5.41) is 48.2. The van der Waals surface area contributed by atoms with Crippen LogP contribution in [0.2, 0.25) is 0 Å². The molecule has 1 amide bonds. The maximum Gasteiger partial charge on any atom is 0.474 e. The lowest BCUT2D eigenvalue weighted by molar-refractivity contribution is -0.193. The second-order valence-corrected chi connectivity index (χ2v) is 13.5. The molecule has 226 valence electrons. The maximum absolute atomic E-state index is 13.8. The second kappa shape index (κ2) is 10.3. The van der Waals surface area contributed by atoms with Gasteiger partial charge in [-0.1, -0.05) is 39.8 Å². The third-order valence-corrected chi connectivity index (χ3v) is 11.6. The van der Waals surface area contributed by atoms with Crippen LogP contribution in [0.25, 0.3) is 0 Å². The molecule has 0 spiro atoms. The highest BCUT2D eigenvalue weighted by Gasteiger charge is 2.70. The quantitative estimate of drug-likeness (QED) is 0.304. The number of Topliss-reactive ketones (excluding diaryl/α,β-unsaturated/α-hetero) is 1. The summed E-state index contributed by atoms with van der Waals surface area (Å²) in [4.78, 5) is 39.8. The minimum absolute atomic E-state index is 0.0810. The lowest BCUT2D eigenvalue weighted by Crippen LogP contribution is -2.63. The van der Waals surface area contributed by atoms with E-state index in [4.69, 9.17) is 4.74 Å². The molecule has 1 aliphatic heterocycles. The number of aliphatic hydroxyl groups excluding tert-OH is 2. The summed E-state index contributed by atoms with van der Waals surface area (Å²) < 4.78 is 6.29. The molecule has 10 atom stereocenters. The van der Waals surface area contributed by atoms with Crippen molar-refractivity contribution in [3.8, 4) is 5.75 Å². The number of carbonyl (C=O) groups excluding carboxylic acids is 2. The van der Waals surface area contributed by atoms with Gasteiger partial charge in [0.05, 0.1) is 12.3 Å². The first-order valence-corrected chi connectivity index (χ1v) is 14.7. The van der Waals surface area contributed by atoms with Crippen LogP contribution in [0.4, 0.5) is 0 Å². The van der Waals surface area contributed by atoms with Gasteiger partial charge in [-0.3, -0.25) is 9.59 Å². The number of hydrogen-bond donors (Lipinski definition) is 4. The molecule has 3 aliphatic carbocycles. The number of aliphatic hydroxyl groups is 2. The van der Waals surface area contributed by atoms with E-state index in [1.807, 2.05) is 27.7 Å². The Hall–Kier alpha value is -3.02. The van der Waals surface area contributed by atoms with E-state index < -0.39 is 65.3 Å². The van der Waals surface area contributed by atoms with Gasteiger partial charge in [-0.15, -0.1) is 6.58 Å². The van der Waals surface area contributed by atoms with Crippen LogP contribution in [0.15, 0.2) is 36.0 Å². The zero-order valence-corrected chi connectivity index (χ0v) is 24.9. The Morgan fingerprint density at radius 2 is 1.93 bits per heavy atom. The second-order valence-electron chi connectivity index (χ2n) is 13.5. The molecule has 42 heavy (non-hydrogen) atoms. The van der Waals surface area contributed by atoms with Crippen molar-refractivity contribution in [2.45, 2.75) is 78.6 Å². The number of rotatable bonds is 5. The Balaban J connectivity index is 1.64. The molecule has 10 nitrogen and oxygen atoms in total. The van der Waals surface area contributed by atoms with Crippen LogP contribution in [0, 0.1) is 39.9 Å². The Labute approximate surface area is 246 Å². The molecule has 1 aromatic rings. The number of amides is 1. The number of carboxylic acids is 1. The molecule has 4 aliphatic rings. The molecule has 0 aromatic heterocycles. The van der Waals surface area contributed by atoms with Crippen LogP contribution >= 0.6 is 0 Å². The molecule has 0 saturated heterocycles. The van der Waals surface area contributed by atoms with Crippen LogP contribution in [0.5, 0.6) is 5.75 Å². The molecule has 1 aromatic carbocycles. The van der Waals surface area contributed by atoms with Crippen LogP contribution in [0.1, 0.15) is 65.9 Å². The fourth-order valence-electron chi connectivity index (χ4n) is 8.89. The zero-order valence-electron chi connectivity index (χ0n) is 24.9. The topological polar surface area (TPSA) is 157 Å². The van der Waals surface area contributed by atoms with Crippen molar-refractivity contribution in [1.82, 2.24) is 4.92 Å². The molecular formula is C31H41BN2O8. The predicted molar refractivity (Wildman–Crippen MR) is 156 cm³/mol. The number of nitrogens with zero attached hydrogens (tertiary/aromatic N) is 2. The zero-order chi connectivity index (χ0) is 30.9. The lowest BCUT2D eigenvalue weighted by atomic mass is 9.41. The molecule has 2 bridgehead atoms. The normalized spacial score (nSPS) is 40.0. The number of benzene rings is 1. The highest BCUT2D eigenvalue weighted by Crippen LogP contribution is 2.69. The molecule has 3 fully saturated rings. The van der Waals surface area contributed by atoms with Crippen molar-refractivity contribution in [3.05, 3.63) is 36.4 Å². The van der Waals surface area contributed by atoms with E-state index >= 15 is 0 Å². The van der Waals surface area contributed by atoms with Crippen LogP contribution < -0.4 is 10.2 Å². The van der Waals surface area contributed by atoms with Crippen molar-refractivity contribution in [3.63, 3.8) is 0 Å². The number of aliphatic carboxylic acids is 1. The number of fused-ring (bicyclic) bond motifs is 1. The first kappa shape index (κ1) is 30.4. The number of carbonyl (C=O) groups is 3. The summed E-state index contributed by atoms with van der Waals surface area (Å²) in [6.07, 6.45) is 1.35. The highest BCUT2D eigenvalue weighted by atomic mass is 16.5. The van der Waals surface area contributed by atoms with E-state index in [2.05, 4.69) is 11.7 Å². The van der Waals surface area contributed by atoms with Gasteiger partial charge in [0.15, 0.2) is 11.9 Å². The molecule has 1 unspecified atom stereocenters. The van der Waals surface area contributed by atoms with Gasteiger partial charge in [0, 0.05) is 24.2 Å². The molecule has 11 heteroatoms. The minimum Gasteiger partial charge on any atom is -0.478 e. The summed E-state index contributed by atoms with van der Waals surface area (Å²) in [7, 11) is -1.37. The van der Waals surface area contributed by atoms with Crippen LogP contribution in [-0.4, -0.2) is 74.5 Å². The van der Waals surface area contributed by atoms with E-state index in [9.17, 15) is 34.7 Å². The smallest absolute Gasteiger partial charge is 0.474 e. The van der Waals surface area contributed by atoms with Crippen LogP contribution in [-0.2, 0) is 14.4 Å². The van der Waals surface area contributed by atoms with Gasteiger partial charge < -0.3 is 25.1 Å². The standard InChI is InChI=1S/C31H41BN2O8/c1-7-29(5)13-21(30(6)16(2)10-11-31(17(3)27(29)38)14-23(36)24(37)26(30)31)25(28(39)40)42-20-9-8-19-15-33-34(18(4)35)32(41)22(19)12-20/h7-9,12,15-17,21,23,25-27,36,38,41H,1,10-11,13-14H2,2-6H3,(H,39,40)/t16-,17+,21+,23?,25+,26+,27+,29-,30-,31+/m1/s1. The minimum atomic E-state index is -1.44. The van der Waals surface area contributed by atoms with Gasteiger partial charge in [0.2, 0.25) is 5.91 Å². The summed E-state index contributed by atoms with van der Waals surface area (Å²) in [6.45, 7) is 13.1. The van der Waals surface area contributed by atoms with Crippen LogP contribution in [0.3, 0.4) is 0 Å². The monoisotopic (exact) mass is 580 g/mol. The van der Waals surface area contributed by atoms with Gasteiger partial charge in [-0.25, -0.2) is 9.71 Å². The van der Waals surface area contributed by atoms with Gasteiger partial charge in [0.1, 0.15) is 11.9 Å². The Kier molecular flexibility index (Phi) is 7.47. The van der Waals surface area contributed by atoms with Gasteiger partial charge in [0.25, 0.3) is 0 Å². The first-order chi connectivity index (χ1) is 19.6. The lowest BCUT2D eigenvalue weighted by Gasteiger charge is -2.62. The average Bonchev–Trinajstić information content (AvgIpc) is 3.22. The Morgan fingerprint density at radius 1 is 1.24 bits per heavy atom. The number of ether oxygens (including phenoxy) is 1.